The van der Waals surface area contributed by atoms with E-state index in [0.717, 1.165) is 13.0 Å². The van der Waals surface area contributed by atoms with Crippen LogP contribution in [0.1, 0.15) is 20.3 Å². The SMILES string of the molecule is CC(C)C(O)CC1CO1. The Balaban J connectivity index is 2.09. The lowest BCUT2D eigenvalue weighted by molar-refractivity contribution is 0.106. The number of epoxide rings is 1. The van der Waals surface area contributed by atoms with E-state index in [2.05, 4.69) is 0 Å². The molecule has 2 atom stereocenters. The fraction of sp³-hybridized carbons (Fsp3) is 1.00. The molecule has 2 nitrogen and oxygen atoms in total. The zero-order valence-electron chi connectivity index (χ0n) is 6.00. The maximum absolute atomic E-state index is 9.26. The van der Waals surface area contributed by atoms with E-state index in [9.17, 15) is 5.11 Å². The summed E-state index contributed by atoms with van der Waals surface area (Å²) in [5.41, 5.74) is 0. The number of rotatable bonds is 3. The molecule has 1 N–H and O–H groups in total. The summed E-state index contributed by atoms with van der Waals surface area (Å²) in [7, 11) is 0. The van der Waals surface area contributed by atoms with E-state index in [4.69, 9.17) is 4.74 Å². The molecule has 1 saturated heterocycles. The highest BCUT2D eigenvalue weighted by Gasteiger charge is 2.26. The van der Waals surface area contributed by atoms with E-state index in [-0.39, 0.29) is 6.10 Å². The Morgan fingerprint density at radius 2 is 2.22 bits per heavy atom. The lowest BCUT2D eigenvalue weighted by Gasteiger charge is -2.11. The molecular formula is C7H14O2. The second-order valence-electron chi connectivity index (χ2n) is 3.00. The highest BCUT2D eigenvalue weighted by atomic mass is 16.6. The van der Waals surface area contributed by atoms with Gasteiger partial charge in [-0.2, -0.15) is 0 Å². The molecule has 1 heterocycles. The molecule has 0 amide bonds. The van der Waals surface area contributed by atoms with Gasteiger partial charge in [0.05, 0.1) is 18.8 Å². The van der Waals surface area contributed by atoms with Crippen molar-refractivity contribution in [2.75, 3.05) is 6.61 Å². The lowest BCUT2D eigenvalue weighted by atomic mass is 10.0. The third-order valence-electron chi connectivity index (χ3n) is 1.68. The average molecular weight is 130 g/mol. The quantitative estimate of drug-likeness (QED) is 0.573. The minimum Gasteiger partial charge on any atom is -0.393 e. The van der Waals surface area contributed by atoms with Gasteiger partial charge >= 0.3 is 0 Å². The molecule has 2 heteroatoms. The Bertz CT molecular complexity index is 86.9. The van der Waals surface area contributed by atoms with Crippen molar-refractivity contribution in [3.63, 3.8) is 0 Å². The molecule has 0 radical (unpaired) electrons. The molecule has 0 saturated carbocycles. The Morgan fingerprint density at radius 1 is 1.67 bits per heavy atom. The summed E-state index contributed by atoms with van der Waals surface area (Å²) in [6.07, 6.45) is 1.01. The van der Waals surface area contributed by atoms with Gasteiger partial charge in [-0.1, -0.05) is 13.8 Å². The maximum atomic E-state index is 9.26. The molecule has 1 aliphatic heterocycles. The van der Waals surface area contributed by atoms with Gasteiger partial charge in [-0.15, -0.1) is 0 Å². The Hall–Kier alpha value is -0.0800. The minimum atomic E-state index is -0.169. The first-order chi connectivity index (χ1) is 4.20. The monoisotopic (exact) mass is 130 g/mol. The zero-order chi connectivity index (χ0) is 6.85. The van der Waals surface area contributed by atoms with Gasteiger partial charge in [0.1, 0.15) is 0 Å². The number of aliphatic hydroxyl groups excluding tert-OH is 1. The van der Waals surface area contributed by atoms with Crippen LogP contribution >= 0.6 is 0 Å². The highest BCUT2D eigenvalue weighted by molar-refractivity contribution is 4.74. The smallest absolute Gasteiger partial charge is 0.0834 e. The first-order valence-corrected chi connectivity index (χ1v) is 3.50. The fourth-order valence-corrected chi connectivity index (χ4v) is 0.746. The van der Waals surface area contributed by atoms with Gasteiger partial charge in [0.25, 0.3) is 0 Å². The molecule has 9 heavy (non-hydrogen) atoms. The topological polar surface area (TPSA) is 32.8 Å². The maximum Gasteiger partial charge on any atom is 0.0834 e. The molecule has 0 aromatic carbocycles. The Morgan fingerprint density at radius 3 is 2.56 bits per heavy atom. The summed E-state index contributed by atoms with van der Waals surface area (Å²) in [6.45, 7) is 4.89. The molecule has 0 aromatic heterocycles. The molecule has 2 unspecified atom stereocenters. The first-order valence-electron chi connectivity index (χ1n) is 3.50. The van der Waals surface area contributed by atoms with Crippen molar-refractivity contribution < 1.29 is 9.84 Å². The van der Waals surface area contributed by atoms with Crippen molar-refractivity contribution in [3.8, 4) is 0 Å². The molecule has 0 bridgehead atoms. The number of ether oxygens (including phenoxy) is 1. The van der Waals surface area contributed by atoms with Crippen LogP contribution in [-0.2, 0) is 4.74 Å². The van der Waals surface area contributed by atoms with Crippen molar-refractivity contribution in [1.29, 1.82) is 0 Å². The molecule has 1 aliphatic rings. The molecule has 1 rings (SSSR count). The van der Waals surface area contributed by atoms with E-state index in [1.807, 2.05) is 13.8 Å². The molecule has 54 valence electrons. The standard InChI is InChI=1S/C7H14O2/c1-5(2)7(8)3-6-4-9-6/h5-8H,3-4H2,1-2H3. The summed E-state index contributed by atoms with van der Waals surface area (Å²) >= 11 is 0. The summed E-state index contributed by atoms with van der Waals surface area (Å²) in [5, 5.41) is 9.26. The predicted molar refractivity (Wildman–Crippen MR) is 35.2 cm³/mol. The molecule has 1 fully saturated rings. The highest BCUT2D eigenvalue weighted by Crippen LogP contribution is 2.18. The van der Waals surface area contributed by atoms with E-state index in [0.29, 0.717) is 12.0 Å². The van der Waals surface area contributed by atoms with Crippen LogP contribution in [-0.4, -0.2) is 23.9 Å². The zero-order valence-corrected chi connectivity index (χ0v) is 6.00. The number of aliphatic hydroxyl groups is 1. The average Bonchev–Trinajstić information content (AvgIpc) is 2.50. The van der Waals surface area contributed by atoms with Crippen molar-refractivity contribution in [3.05, 3.63) is 0 Å². The van der Waals surface area contributed by atoms with Crippen LogP contribution in [0.4, 0.5) is 0 Å². The van der Waals surface area contributed by atoms with Gasteiger partial charge in [0.2, 0.25) is 0 Å². The summed E-state index contributed by atoms with van der Waals surface area (Å²) < 4.78 is 4.97. The number of hydrogen-bond acceptors (Lipinski definition) is 2. The van der Waals surface area contributed by atoms with Crippen LogP contribution in [0.2, 0.25) is 0 Å². The van der Waals surface area contributed by atoms with E-state index in [1.165, 1.54) is 0 Å². The molecule has 0 spiro atoms. The third-order valence-corrected chi connectivity index (χ3v) is 1.68. The summed E-state index contributed by atoms with van der Waals surface area (Å²) in [5.74, 6) is 0.370. The van der Waals surface area contributed by atoms with Crippen molar-refractivity contribution in [1.82, 2.24) is 0 Å². The van der Waals surface area contributed by atoms with Crippen molar-refractivity contribution in [2.45, 2.75) is 32.5 Å². The van der Waals surface area contributed by atoms with Gasteiger partial charge < -0.3 is 9.84 Å². The van der Waals surface area contributed by atoms with Gasteiger partial charge in [-0.25, -0.2) is 0 Å². The Kier molecular flexibility index (Phi) is 2.09. The van der Waals surface area contributed by atoms with Gasteiger partial charge in [0.15, 0.2) is 0 Å². The van der Waals surface area contributed by atoms with Crippen LogP contribution < -0.4 is 0 Å². The largest absolute Gasteiger partial charge is 0.393 e. The van der Waals surface area contributed by atoms with E-state index < -0.39 is 0 Å². The van der Waals surface area contributed by atoms with Crippen LogP contribution in [0.3, 0.4) is 0 Å². The van der Waals surface area contributed by atoms with Crippen molar-refractivity contribution in [2.24, 2.45) is 5.92 Å². The van der Waals surface area contributed by atoms with Crippen molar-refractivity contribution >= 4 is 0 Å². The number of hydrogen-bond donors (Lipinski definition) is 1. The van der Waals surface area contributed by atoms with Crippen LogP contribution in [0.5, 0.6) is 0 Å². The van der Waals surface area contributed by atoms with Gasteiger partial charge in [-0.05, 0) is 5.92 Å². The predicted octanol–water partition coefficient (Wildman–Crippen LogP) is 0.792. The molecular weight excluding hydrogens is 116 g/mol. The second-order valence-corrected chi connectivity index (χ2v) is 3.00. The second kappa shape index (κ2) is 2.67. The summed E-state index contributed by atoms with van der Waals surface area (Å²) in [6, 6.07) is 0. The lowest BCUT2D eigenvalue weighted by Crippen LogP contribution is -2.16. The van der Waals surface area contributed by atoms with Crippen LogP contribution in [0.25, 0.3) is 0 Å². The van der Waals surface area contributed by atoms with Crippen LogP contribution in [0, 0.1) is 5.92 Å². The molecule has 0 aliphatic carbocycles. The van der Waals surface area contributed by atoms with Gasteiger partial charge in [0, 0.05) is 6.42 Å². The fourth-order valence-electron chi connectivity index (χ4n) is 0.746. The first kappa shape index (κ1) is 7.03. The van der Waals surface area contributed by atoms with E-state index >= 15 is 0 Å². The van der Waals surface area contributed by atoms with E-state index in [1.54, 1.807) is 0 Å². The Labute approximate surface area is 55.8 Å². The summed E-state index contributed by atoms with van der Waals surface area (Å²) in [4.78, 5) is 0. The molecule has 0 aromatic rings. The van der Waals surface area contributed by atoms with Gasteiger partial charge in [-0.3, -0.25) is 0 Å². The third kappa shape index (κ3) is 2.33. The minimum absolute atomic E-state index is 0.169. The normalized spacial score (nSPS) is 28.7. The van der Waals surface area contributed by atoms with Crippen LogP contribution in [0.15, 0.2) is 0 Å².